The topological polar surface area (TPSA) is 56.5 Å². The van der Waals surface area contributed by atoms with Crippen LogP contribution in [-0.4, -0.2) is 39.8 Å². The molecule has 1 aromatic carbocycles. The van der Waals surface area contributed by atoms with Crippen LogP contribution in [0.4, 0.5) is 0 Å². The van der Waals surface area contributed by atoms with Crippen LogP contribution < -0.4 is 5.46 Å². The Kier molecular flexibility index (Phi) is 3.35. The standard InChI is InChI=1S/C15H21BN2O3/c1-14(2)15(3,4)21-16(20-14)12-5-6-13-11(9-12)10-17-18(13)7-8-19/h5-6,9-10,19H,7-8H2,1-4H3. The van der Waals surface area contributed by atoms with Crippen molar-refractivity contribution in [3.05, 3.63) is 24.4 Å². The first kappa shape index (κ1) is 14.6. The summed E-state index contributed by atoms with van der Waals surface area (Å²) in [6.45, 7) is 8.76. The normalized spacial score (nSPS) is 20.3. The first-order valence-corrected chi connectivity index (χ1v) is 7.26. The molecule has 2 aromatic rings. The van der Waals surface area contributed by atoms with E-state index in [-0.39, 0.29) is 24.9 Å². The van der Waals surface area contributed by atoms with Crippen LogP contribution in [0.15, 0.2) is 24.4 Å². The van der Waals surface area contributed by atoms with E-state index in [2.05, 4.69) is 5.10 Å². The van der Waals surface area contributed by atoms with Crippen LogP contribution in [-0.2, 0) is 15.9 Å². The minimum Gasteiger partial charge on any atom is -0.399 e. The molecule has 0 radical (unpaired) electrons. The molecule has 0 atom stereocenters. The van der Waals surface area contributed by atoms with Crippen molar-refractivity contribution in [3.63, 3.8) is 0 Å². The summed E-state index contributed by atoms with van der Waals surface area (Å²) in [6, 6.07) is 6.04. The molecule has 1 N–H and O–H groups in total. The van der Waals surface area contributed by atoms with Crippen LogP contribution >= 0.6 is 0 Å². The molecule has 1 saturated heterocycles. The molecule has 6 heteroatoms. The lowest BCUT2D eigenvalue weighted by Crippen LogP contribution is -2.41. The van der Waals surface area contributed by atoms with Crippen LogP contribution in [0.25, 0.3) is 10.9 Å². The van der Waals surface area contributed by atoms with Crippen molar-refractivity contribution in [2.24, 2.45) is 0 Å². The SMILES string of the molecule is CC1(C)OB(c2ccc3c(cnn3CCO)c2)OC1(C)C. The van der Waals surface area contributed by atoms with Crippen molar-refractivity contribution < 1.29 is 14.4 Å². The van der Waals surface area contributed by atoms with Gasteiger partial charge in [-0.3, -0.25) is 4.68 Å². The fourth-order valence-electron chi connectivity index (χ4n) is 2.50. The fraction of sp³-hybridized carbons (Fsp3) is 0.533. The molecule has 1 aromatic heterocycles. The fourth-order valence-corrected chi connectivity index (χ4v) is 2.50. The molecule has 0 aliphatic carbocycles. The Bertz CT molecular complexity index is 650. The van der Waals surface area contributed by atoms with E-state index in [1.807, 2.05) is 45.9 Å². The number of aromatic nitrogens is 2. The van der Waals surface area contributed by atoms with Gasteiger partial charge in [0.05, 0.1) is 36.1 Å². The van der Waals surface area contributed by atoms with Crippen molar-refractivity contribution >= 4 is 23.5 Å². The van der Waals surface area contributed by atoms with Gasteiger partial charge >= 0.3 is 7.12 Å². The van der Waals surface area contributed by atoms with Gasteiger partial charge in [0, 0.05) is 5.39 Å². The van der Waals surface area contributed by atoms with Crippen LogP contribution in [0.2, 0.25) is 0 Å². The molecule has 3 rings (SSSR count). The first-order valence-electron chi connectivity index (χ1n) is 7.26. The van der Waals surface area contributed by atoms with Gasteiger partial charge in [0.25, 0.3) is 0 Å². The Morgan fingerprint density at radius 3 is 2.48 bits per heavy atom. The first-order chi connectivity index (χ1) is 9.84. The second-order valence-electron chi connectivity index (χ2n) is 6.50. The van der Waals surface area contributed by atoms with Crippen LogP contribution in [0.1, 0.15) is 27.7 Å². The van der Waals surface area contributed by atoms with E-state index in [4.69, 9.17) is 14.4 Å². The molecule has 1 fully saturated rings. The zero-order chi connectivity index (χ0) is 15.3. The van der Waals surface area contributed by atoms with Gasteiger partial charge in [0.2, 0.25) is 0 Å². The van der Waals surface area contributed by atoms with Gasteiger partial charge in [0.1, 0.15) is 0 Å². The number of aliphatic hydroxyl groups excluding tert-OH is 1. The maximum atomic E-state index is 9.04. The maximum Gasteiger partial charge on any atom is 0.494 e. The molecular weight excluding hydrogens is 267 g/mol. The third-order valence-corrected chi connectivity index (χ3v) is 4.50. The summed E-state index contributed by atoms with van der Waals surface area (Å²) in [5.41, 5.74) is 1.32. The Hall–Kier alpha value is -1.37. The van der Waals surface area contributed by atoms with Gasteiger partial charge in [-0.05, 0) is 39.2 Å². The van der Waals surface area contributed by atoms with Gasteiger partial charge in [-0.2, -0.15) is 5.10 Å². The minimum atomic E-state index is -0.361. The molecular formula is C15H21BN2O3. The Morgan fingerprint density at radius 1 is 1.19 bits per heavy atom. The zero-order valence-corrected chi connectivity index (χ0v) is 13.0. The molecule has 0 bridgehead atoms. The van der Waals surface area contributed by atoms with Crippen LogP contribution in [0, 0.1) is 0 Å². The number of benzene rings is 1. The summed E-state index contributed by atoms with van der Waals surface area (Å²) < 4.78 is 13.9. The molecule has 0 spiro atoms. The zero-order valence-electron chi connectivity index (χ0n) is 13.0. The summed E-state index contributed by atoms with van der Waals surface area (Å²) >= 11 is 0. The lowest BCUT2D eigenvalue weighted by molar-refractivity contribution is 0.00578. The molecule has 112 valence electrons. The molecule has 1 aliphatic rings. The van der Waals surface area contributed by atoms with Crippen molar-refractivity contribution in [1.29, 1.82) is 0 Å². The molecule has 2 heterocycles. The summed E-state index contributed by atoms with van der Waals surface area (Å²) in [6.07, 6.45) is 1.81. The highest BCUT2D eigenvalue weighted by molar-refractivity contribution is 6.62. The second kappa shape index (κ2) is 4.83. The smallest absolute Gasteiger partial charge is 0.399 e. The summed E-state index contributed by atoms with van der Waals surface area (Å²) in [5, 5.41) is 14.3. The molecule has 0 saturated carbocycles. The monoisotopic (exact) mass is 288 g/mol. The number of fused-ring (bicyclic) bond motifs is 1. The lowest BCUT2D eigenvalue weighted by atomic mass is 9.79. The molecule has 0 amide bonds. The largest absolute Gasteiger partial charge is 0.494 e. The average molecular weight is 288 g/mol. The van der Waals surface area contributed by atoms with Gasteiger partial charge in [-0.15, -0.1) is 0 Å². The van der Waals surface area contributed by atoms with E-state index in [0.29, 0.717) is 6.54 Å². The maximum absolute atomic E-state index is 9.04. The Labute approximate surface area is 125 Å². The van der Waals surface area contributed by atoms with Crippen molar-refractivity contribution in [2.45, 2.75) is 45.4 Å². The van der Waals surface area contributed by atoms with Gasteiger partial charge < -0.3 is 14.4 Å². The number of nitrogens with zero attached hydrogens (tertiary/aromatic N) is 2. The minimum absolute atomic E-state index is 0.0791. The van der Waals surface area contributed by atoms with Crippen LogP contribution in [0.3, 0.4) is 0 Å². The molecule has 1 aliphatic heterocycles. The summed E-state index contributed by atoms with van der Waals surface area (Å²) in [7, 11) is -0.361. The summed E-state index contributed by atoms with van der Waals surface area (Å²) in [4.78, 5) is 0. The van der Waals surface area contributed by atoms with Gasteiger partial charge in [-0.25, -0.2) is 0 Å². The van der Waals surface area contributed by atoms with Crippen LogP contribution in [0.5, 0.6) is 0 Å². The molecule has 0 unspecified atom stereocenters. The van der Waals surface area contributed by atoms with Crippen molar-refractivity contribution in [3.8, 4) is 0 Å². The van der Waals surface area contributed by atoms with E-state index in [0.717, 1.165) is 16.4 Å². The lowest BCUT2D eigenvalue weighted by Gasteiger charge is -2.32. The number of aliphatic hydroxyl groups is 1. The second-order valence-corrected chi connectivity index (χ2v) is 6.50. The molecule has 5 nitrogen and oxygen atoms in total. The van der Waals surface area contributed by atoms with Crippen molar-refractivity contribution in [1.82, 2.24) is 9.78 Å². The number of hydrogen-bond acceptors (Lipinski definition) is 4. The predicted octanol–water partition coefficient (Wildman–Crippen LogP) is 1.33. The van der Waals surface area contributed by atoms with E-state index in [9.17, 15) is 0 Å². The Balaban J connectivity index is 1.92. The third kappa shape index (κ3) is 2.37. The summed E-state index contributed by atoms with van der Waals surface area (Å²) in [5.74, 6) is 0. The molecule has 21 heavy (non-hydrogen) atoms. The van der Waals surface area contributed by atoms with Crippen molar-refractivity contribution in [2.75, 3.05) is 6.61 Å². The average Bonchev–Trinajstić information content (AvgIpc) is 2.89. The number of rotatable bonds is 3. The third-order valence-electron chi connectivity index (χ3n) is 4.50. The predicted molar refractivity (Wildman–Crippen MR) is 82.5 cm³/mol. The Morgan fingerprint density at radius 2 is 1.86 bits per heavy atom. The van der Waals surface area contributed by atoms with Gasteiger partial charge in [-0.1, -0.05) is 12.1 Å². The highest BCUT2D eigenvalue weighted by atomic mass is 16.7. The van der Waals surface area contributed by atoms with E-state index < -0.39 is 0 Å². The highest BCUT2D eigenvalue weighted by Crippen LogP contribution is 2.36. The van der Waals surface area contributed by atoms with E-state index in [1.165, 1.54) is 0 Å². The quantitative estimate of drug-likeness (QED) is 0.866. The van der Waals surface area contributed by atoms with E-state index >= 15 is 0 Å². The highest BCUT2D eigenvalue weighted by Gasteiger charge is 2.51. The number of hydrogen-bond donors (Lipinski definition) is 1. The van der Waals surface area contributed by atoms with E-state index in [1.54, 1.807) is 10.9 Å². The van der Waals surface area contributed by atoms with Gasteiger partial charge in [0.15, 0.2) is 0 Å².